The number of nitrogens with one attached hydrogen (secondary N) is 2. The highest BCUT2D eigenvalue weighted by Gasteiger charge is 2.43. The summed E-state index contributed by atoms with van der Waals surface area (Å²) in [5.74, 6) is 0.372. The standard InChI is InChI=1S/C21H24FN3O2/c1-25-12-10-21(11-13-25)14-18(15-6-2-5-9-19(15)27-21)24-20(26)23-17-8-4-3-7-16(17)22/h2-9,18H,10-14H2,1H3,(H2,23,24,26). The lowest BCUT2D eigenvalue weighted by atomic mass is 9.80. The fraction of sp³-hybridized carbons (Fsp3) is 0.381. The van der Waals surface area contributed by atoms with Crippen LogP contribution in [0.1, 0.15) is 30.9 Å². The number of nitrogens with zero attached hydrogens (tertiary/aromatic N) is 1. The summed E-state index contributed by atoms with van der Waals surface area (Å²) < 4.78 is 20.2. The lowest BCUT2D eigenvalue weighted by Crippen LogP contribution is -2.51. The second-order valence-corrected chi connectivity index (χ2v) is 7.46. The van der Waals surface area contributed by atoms with Crippen molar-refractivity contribution in [1.29, 1.82) is 0 Å². The predicted molar refractivity (Wildman–Crippen MR) is 102 cm³/mol. The zero-order valence-electron chi connectivity index (χ0n) is 15.4. The number of carbonyl (C=O) groups is 1. The Bertz CT molecular complexity index is 834. The largest absolute Gasteiger partial charge is 0.487 e. The fourth-order valence-corrected chi connectivity index (χ4v) is 3.96. The minimum atomic E-state index is -0.452. The average Bonchev–Trinajstić information content (AvgIpc) is 2.66. The Morgan fingerprint density at radius 2 is 1.85 bits per heavy atom. The quantitative estimate of drug-likeness (QED) is 0.843. The van der Waals surface area contributed by atoms with Crippen LogP contribution in [0.3, 0.4) is 0 Å². The zero-order valence-corrected chi connectivity index (χ0v) is 15.4. The smallest absolute Gasteiger partial charge is 0.319 e. The Morgan fingerprint density at radius 1 is 1.15 bits per heavy atom. The van der Waals surface area contributed by atoms with Crippen molar-refractivity contribution in [1.82, 2.24) is 10.2 Å². The van der Waals surface area contributed by atoms with E-state index in [2.05, 4.69) is 22.6 Å². The number of halogens is 1. The lowest BCUT2D eigenvalue weighted by Gasteiger charge is -2.46. The van der Waals surface area contributed by atoms with E-state index in [1.54, 1.807) is 18.2 Å². The van der Waals surface area contributed by atoms with Crippen LogP contribution in [0.15, 0.2) is 48.5 Å². The number of likely N-dealkylation sites (tertiary alicyclic amines) is 1. The number of carbonyl (C=O) groups excluding carboxylic acids is 1. The number of para-hydroxylation sites is 2. The van der Waals surface area contributed by atoms with E-state index in [1.807, 2.05) is 24.3 Å². The number of hydrogen-bond donors (Lipinski definition) is 2. The molecule has 0 aromatic heterocycles. The van der Waals surface area contributed by atoms with Crippen LogP contribution in [0.2, 0.25) is 0 Å². The minimum absolute atomic E-state index is 0.171. The van der Waals surface area contributed by atoms with Gasteiger partial charge in [-0.05, 0) is 38.1 Å². The number of rotatable bonds is 2. The van der Waals surface area contributed by atoms with Gasteiger partial charge in [-0.25, -0.2) is 9.18 Å². The third-order valence-corrected chi connectivity index (χ3v) is 5.52. The number of hydrogen-bond acceptors (Lipinski definition) is 3. The van der Waals surface area contributed by atoms with E-state index >= 15 is 0 Å². The number of fused-ring (bicyclic) bond motifs is 1. The molecule has 0 radical (unpaired) electrons. The molecule has 6 heteroatoms. The SMILES string of the molecule is CN1CCC2(CC1)CC(NC(=O)Nc1ccccc1F)c1ccccc1O2. The van der Waals surface area contributed by atoms with Crippen LogP contribution in [0.5, 0.6) is 5.75 Å². The highest BCUT2D eigenvalue weighted by Crippen LogP contribution is 2.44. The molecule has 2 heterocycles. The molecule has 2 aromatic rings. The van der Waals surface area contributed by atoms with Crippen molar-refractivity contribution >= 4 is 11.7 Å². The third kappa shape index (κ3) is 3.76. The molecule has 0 aliphatic carbocycles. The summed E-state index contributed by atoms with van der Waals surface area (Å²) in [6, 6.07) is 13.4. The van der Waals surface area contributed by atoms with E-state index < -0.39 is 11.8 Å². The van der Waals surface area contributed by atoms with Gasteiger partial charge in [-0.1, -0.05) is 30.3 Å². The second-order valence-electron chi connectivity index (χ2n) is 7.46. The van der Waals surface area contributed by atoms with E-state index in [-0.39, 0.29) is 17.3 Å². The van der Waals surface area contributed by atoms with Gasteiger partial charge in [0.1, 0.15) is 17.2 Å². The van der Waals surface area contributed by atoms with Gasteiger partial charge in [-0.3, -0.25) is 0 Å². The number of amides is 2. The van der Waals surface area contributed by atoms with Crippen LogP contribution in [0.4, 0.5) is 14.9 Å². The van der Waals surface area contributed by atoms with E-state index in [4.69, 9.17) is 4.74 Å². The molecule has 1 spiro atoms. The molecule has 1 fully saturated rings. The van der Waals surface area contributed by atoms with Crippen LogP contribution in [-0.2, 0) is 0 Å². The van der Waals surface area contributed by atoms with Gasteiger partial charge in [0.2, 0.25) is 0 Å². The normalized spacial score (nSPS) is 21.2. The monoisotopic (exact) mass is 369 g/mol. The number of urea groups is 1. The molecule has 1 saturated heterocycles. The van der Waals surface area contributed by atoms with Crippen molar-refractivity contribution in [2.24, 2.45) is 0 Å². The summed E-state index contributed by atoms with van der Waals surface area (Å²) in [6.07, 6.45) is 2.55. The Labute approximate surface area is 158 Å². The molecule has 4 rings (SSSR count). The first-order chi connectivity index (χ1) is 13.0. The highest BCUT2D eigenvalue weighted by atomic mass is 19.1. The van der Waals surface area contributed by atoms with Crippen LogP contribution < -0.4 is 15.4 Å². The number of anilines is 1. The van der Waals surface area contributed by atoms with E-state index in [0.29, 0.717) is 6.42 Å². The van der Waals surface area contributed by atoms with Crippen LogP contribution in [0, 0.1) is 5.82 Å². The van der Waals surface area contributed by atoms with E-state index in [0.717, 1.165) is 37.2 Å². The van der Waals surface area contributed by atoms with Crippen molar-refractivity contribution in [2.75, 3.05) is 25.5 Å². The maximum atomic E-state index is 13.8. The van der Waals surface area contributed by atoms with E-state index in [1.165, 1.54) is 6.07 Å². The van der Waals surface area contributed by atoms with Crippen LogP contribution in [-0.4, -0.2) is 36.7 Å². The number of piperidine rings is 1. The van der Waals surface area contributed by atoms with Gasteiger partial charge in [0.15, 0.2) is 0 Å². The van der Waals surface area contributed by atoms with Crippen molar-refractivity contribution in [3.63, 3.8) is 0 Å². The summed E-state index contributed by atoms with van der Waals surface area (Å²) in [5, 5.41) is 5.64. The van der Waals surface area contributed by atoms with Crippen molar-refractivity contribution < 1.29 is 13.9 Å². The summed E-state index contributed by atoms with van der Waals surface area (Å²) in [7, 11) is 2.11. The third-order valence-electron chi connectivity index (χ3n) is 5.52. The van der Waals surface area contributed by atoms with Gasteiger partial charge in [0.05, 0.1) is 11.7 Å². The Kier molecular flexibility index (Phi) is 4.74. The van der Waals surface area contributed by atoms with Crippen molar-refractivity contribution in [2.45, 2.75) is 30.9 Å². The first kappa shape index (κ1) is 17.8. The van der Waals surface area contributed by atoms with Gasteiger partial charge >= 0.3 is 6.03 Å². The fourth-order valence-electron chi connectivity index (χ4n) is 3.96. The summed E-state index contributed by atoms with van der Waals surface area (Å²) >= 11 is 0. The first-order valence-electron chi connectivity index (χ1n) is 9.33. The number of benzene rings is 2. The second kappa shape index (κ2) is 7.19. The Balaban J connectivity index is 1.53. The summed E-state index contributed by atoms with van der Waals surface area (Å²) in [4.78, 5) is 14.8. The molecule has 142 valence electrons. The molecular weight excluding hydrogens is 345 g/mol. The van der Waals surface area contributed by atoms with Crippen LogP contribution in [0.25, 0.3) is 0 Å². The molecule has 0 saturated carbocycles. The first-order valence-corrected chi connectivity index (χ1v) is 9.33. The maximum Gasteiger partial charge on any atom is 0.319 e. The predicted octanol–water partition coefficient (Wildman–Crippen LogP) is 3.94. The zero-order chi connectivity index (χ0) is 18.9. The van der Waals surface area contributed by atoms with Gasteiger partial charge in [0.25, 0.3) is 0 Å². The molecule has 1 atom stereocenters. The molecule has 27 heavy (non-hydrogen) atoms. The summed E-state index contributed by atoms with van der Waals surface area (Å²) in [6.45, 7) is 1.94. The van der Waals surface area contributed by atoms with Crippen molar-refractivity contribution in [3.8, 4) is 5.75 Å². The van der Waals surface area contributed by atoms with E-state index in [9.17, 15) is 9.18 Å². The maximum absolute atomic E-state index is 13.8. The van der Waals surface area contributed by atoms with Gasteiger partial charge in [0, 0.05) is 25.1 Å². The summed E-state index contributed by atoms with van der Waals surface area (Å²) in [5.41, 5.74) is 0.867. The molecule has 2 aromatic carbocycles. The Hall–Kier alpha value is -2.60. The molecule has 0 bridgehead atoms. The molecule has 2 N–H and O–H groups in total. The molecule has 5 nitrogen and oxygen atoms in total. The van der Waals surface area contributed by atoms with Gasteiger partial charge in [-0.15, -0.1) is 0 Å². The van der Waals surface area contributed by atoms with Crippen LogP contribution >= 0.6 is 0 Å². The topological polar surface area (TPSA) is 53.6 Å². The van der Waals surface area contributed by atoms with Crippen molar-refractivity contribution in [3.05, 3.63) is 59.9 Å². The minimum Gasteiger partial charge on any atom is -0.487 e. The molecule has 1 unspecified atom stereocenters. The molecule has 2 aliphatic rings. The van der Waals surface area contributed by atoms with Gasteiger partial charge in [-0.2, -0.15) is 0 Å². The molecule has 2 amide bonds. The lowest BCUT2D eigenvalue weighted by molar-refractivity contribution is -0.0188. The van der Waals surface area contributed by atoms with Gasteiger partial charge < -0.3 is 20.3 Å². The molecule has 2 aliphatic heterocycles. The average molecular weight is 369 g/mol. The Morgan fingerprint density at radius 3 is 2.63 bits per heavy atom. The highest BCUT2D eigenvalue weighted by molar-refractivity contribution is 5.89. The number of ether oxygens (including phenoxy) is 1. The molecular formula is C21H24FN3O2.